The van der Waals surface area contributed by atoms with E-state index < -0.39 is 0 Å². The third-order valence-electron chi connectivity index (χ3n) is 4.08. The van der Waals surface area contributed by atoms with Crippen LogP contribution in [0.4, 0.5) is 5.69 Å². The van der Waals surface area contributed by atoms with Crippen LogP contribution in [-0.2, 0) is 0 Å². The Balaban J connectivity index is 2.06. The van der Waals surface area contributed by atoms with E-state index in [2.05, 4.69) is 35.9 Å². The third kappa shape index (κ3) is 2.62. The molecule has 3 heteroatoms. The average molecular weight is 289 g/mol. The summed E-state index contributed by atoms with van der Waals surface area (Å²) >= 11 is 6.08. The maximum absolute atomic E-state index is 6.08. The molecular weight excluding hydrogens is 268 g/mol. The number of rotatable bonds is 5. The molecular formula is C17H21ClN2. The summed E-state index contributed by atoms with van der Waals surface area (Å²) < 4.78 is 0. The zero-order chi connectivity index (χ0) is 14.1. The number of hydrogen-bond donors (Lipinski definition) is 0. The van der Waals surface area contributed by atoms with E-state index in [1.54, 1.807) is 0 Å². The fourth-order valence-electron chi connectivity index (χ4n) is 3.03. The van der Waals surface area contributed by atoms with Crippen LogP contribution in [0.2, 0.25) is 5.02 Å². The molecule has 106 valence electrons. The molecule has 2 aromatic rings. The van der Waals surface area contributed by atoms with Gasteiger partial charge in [0.05, 0.1) is 5.52 Å². The summed E-state index contributed by atoms with van der Waals surface area (Å²) in [7, 11) is 0. The second kappa shape index (κ2) is 5.61. The molecule has 1 aliphatic carbocycles. The summed E-state index contributed by atoms with van der Waals surface area (Å²) in [6.07, 6.45) is 6.98. The Bertz CT molecular complexity index is 607. The smallest absolute Gasteiger partial charge is 0.0737 e. The van der Waals surface area contributed by atoms with E-state index in [4.69, 9.17) is 11.6 Å². The fourth-order valence-corrected chi connectivity index (χ4v) is 3.20. The van der Waals surface area contributed by atoms with Crippen LogP contribution in [0.25, 0.3) is 10.9 Å². The molecule has 0 saturated heterocycles. The first-order valence-corrected chi connectivity index (χ1v) is 7.91. The predicted molar refractivity (Wildman–Crippen MR) is 86.6 cm³/mol. The van der Waals surface area contributed by atoms with Gasteiger partial charge in [-0.3, -0.25) is 4.98 Å². The molecule has 20 heavy (non-hydrogen) atoms. The van der Waals surface area contributed by atoms with Crippen molar-refractivity contribution in [2.75, 3.05) is 4.90 Å². The molecule has 1 fully saturated rings. The van der Waals surface area contributed by atoms with Crippen LogP contribution in [0.1, 0.15) is 39.5 Å². The molecule has 1 saturated carbocycles. The summed E-state index contributed by atoms with van der Waals surface area (Å²) in [5.41, 5.74) is 2.31. The van der Waals surface area contributed by atoms with Crippen molar-refractivity contribution < 1.29 is 0 Å². The second-order valence-corrected chi connectivity index (χ2v) is 6.20. The van der Waals surface area contributed by atoms with Gasteiger partial charge in [0.25, 0.3) is 0 Å². The van der Waals surface area contributed by atoms with Gasteiger partial charge >= 0.3 is 0 Å². The lowest BCUT2D eigenvalue weighted by molar-refractivity contribution is 0.578. The van der Waals surface area contributed by atoms with Crippen molar-refractivity contribution in [1.29, 1.82) is 0 Å². The Kier molecular flexibility index (Phi) is 3.84. The first-order chi connectivity index (χ1) is 9.70. The maximum Gasteiger partial charge on any atom is 0.0737 e. The summed E-state index contributed by atoms with van der Waals surface area (Å²) in [6, 6.07) is 9.46. The highest BCUT2D eigenvalue weighted by molar-refractivity contribution is 6.31. The number of halogens is 1. The van der Waals surface area contributed by atoms with E-state index >= 15 is 0 Å². The number of hydrogen-bond acceptors (Lipinski definition) is 2. The summed E-state index contributed by atoms with van der Waals surface area (Å²) in [4.78, 5) is 7.06. The lowest BCUT2D eigenvalue weighted by Gasteiger charge is -2.32. The molecule has 2 nitrogen and oxygen atoms in total. The van der Waals surface area contributed by atoms with Crippen molar-refractivity contribution >= 4 is 28.2 Å². The Morgan fingerprint density at radius 3 is 2.85 bits per heavy atom. The van der Waals surface area contributed by atoms with Gasteiger partial charge < -0.3 is 4.90 Å². The van der Waals surface area contributed by atoms with Gasteiger partial charge in [-0.15, -0.1) is 0 Å². The molecule has 0 spiro atoms. The van der Waals surface area contributed by atoms with E-state index in [0.717, 1.165) is 10.5 Å². The summed E-state index contributed by atoms with van der Waals surface area (Å²) in [5, 5.41) is 1.97. The minimum Gasteiger partial charge on any atom is -0.365 e. The molecule has 3 rings (SSSR count). The maximum atomic E-state index is 6.08. The summed E-state index contributed by atoms with van der Waals surface area (Å²) in [5.74, 6) is 0. The van der Waals surface area contributed by atoms with E-state index in [9.17, 15) is 0 Å². The van der Waals surface area contributed by atoms with Crippen molar-refractivity contribution in [2.45, 2.75) is 51.6 Å². The SMILES string of the molecule is CCC[C@@H](C)N(c1ccnc2cc(Cl)ccc12)C1CC1. The first-order valence-electron chi connectivity index (χ1n) is 7.53. The Labute approximate surface area is 125 Å². The van der Waals surface area contributed by atoms with E-state index in [-0.39, 0.29) is 0 Å². The van der Waals surface area contributed by atoms with Gasteiger partial charge in [-0.05, 0) is 50.5 Å². The molecule has 0 bridgehead atoms. The van der Waals surface area contributed by atoms with Gasteiger partial charge in [0.2, 0.25) is 0 Å². The van der Waals surface area contributed by atoms with Crippen LogP contribution in [0, 0.1) is 0 Å². The minimum atomic E-state index is 0.578. The van der Waals surface area contributed by atoms with Crippen LogP contribution in [0.5, 0.6) is 0 Å². The van der Waals surface area contributed by atoms with Crippen molar-refractivity contribution in [1.82, 2.24) is 4.98 Å². The first kappa shape index (κ1) is 13.7. The molecule has 1 aromatic carbocycles. The van der Waals surface area contributed by atoms with E-state index in [0.29, 0.717) is 12.1 Å². The fraction of sp³-hybridized carbons (Fsp3) is 0.471. The van der Waals surface area contributed by atoms with Crippen molar-refractivity contribution in [3.8, 4) is 0 Å². The molecule has 1 atom stereocenters. The minimum absolute atomic E-state index is 0.578. The Morgan fingerprint density at radius 1 is 1.35 bits per heavy atom. The van der Waals surface area contributed by atoms with E-state index in [1.807, 2.05) is 18.3 Å². The van der Waals surface area contributed by atoms with Gasteiger partial charge in [-0.25, -0.2) is 0 Å². The number of nitrogens with zero attached hydrogens (tertiary/aromatic N) is 2. The Hall–Kier alpha value is -1.28. The lowest BCUT2D eigenvalue weighted by Crippen LogP contribution is -2.35. The van der Waals surface area contributed by atoms with Crippen LogP contribution >= 0.6 is 11.6 Å². The highest BCUT2D eigenvalue weighted by Crippen LogP contribution is 2.38. The Morgan fingerprint density at radius 2 is 2.15 bits per heavy atom. The van der Waals surface area contributed by atoms with Crippen LogP contribution in [0.15, 0.2) is 30.5 Å². The van der Waals surface area contributed by atoms with Crippen molar-refractivity contribution in [2.24, 2.45) is 0 Å². The predicted octanol–water partition coefficient (Wildman–Crippen LogP) is 5.05. The third-order valence-corrected chi connectivity index (χ3v) is 4.32. The van der Waals surface area contributed by atoms with E-state index in [1.165, 1.54) is 36.8 Å². The second-order valence-electron chi connectivity index (χ2n) is 5.77. The highest BCUT2D eigenvalue weighted by Gasteiger charge is 2.32. The summed E-state index contributed by atoms with van der Waals surface area (Å²) in [6.45, 7) is 4.59. The largest absolute Gasteiger partial charge is 0.365 e. The number of pyridine rings is 1. The quantitative estimate of drug-likeness (QED) is 0.766. The number of anilines is 1. The number of benzene rings is 1. The van der Waals surface area contributed by atoms with Gasteiger partial charge in [-0.1, -0.05) is 24.9 Å². The molecule has 0 amide bonds. The zero-order valence-corrected chi connectivity index (χ0v) is 12.9. The topological polar surface area (TPSA) is 16.1 Å². The average Bonchev–Trinajstić information content (AvgIpc) is 3.24. The normalized spacial score (nSPS) is 16.4. The van der Waals surface area contributed by atoms with Gasteiger partial charge in [0.1, 0.15) is 0 Å². The van der Waals surface area contributed by atoms with Crippen molar-refractivity contribution in [3.05, 3.63) is 35.5 Å². The zero-order valence-electron chi connectivity index (χ0n) is 12.1. The van der Waals surface area contributed by atoms with Gasteiger partial charge in [0.15, 0.2) is 0 Å². The molecule has 0 unspecified atom stereocenters. The number of fused-ring (bicyclic) bond motifs is 1. The molecule has 0 aliphatic heterocycles. The van der Waals surface area contributed by atoms with Crippen LogP contribution in [-0.4, -0.2) is 17.1 Å². The van der Waals surface area contributed by atoms with Crippen molar-refractivity contribution in [3.63, 3.8) is 0 Å². The molecule has 1 heterocycles. The molecule has 1 aliphatic rings. The number of aromatic nitrogens is 1. The lowest BCUT2D eigenvalue weighted by atomic mass is 10.1. The van der Waals surface area contributed by atoms with Crippen LogP contribution in [0.3, 0.4) is 0 Å². The monoisotopic (exact) mass is 288 g/mol. The standard InChI is InChI=1S/C17H21ClN2/c1-3-4-12(2)20(14-6-7-14)17-9-10-19-16-11-13(18)5-8-15(16)17/h5,8-12,14H,3-4,6-7H2,1-2H3/t12-/m1/s1. The molecule has 0 N–H and O–H groups in total. The highest BCUT2D eigenvalue weighted by atomic mass is 35.5. The van der Waals surface area contributed by atoms with Crippen LogP contribution < -0.4 is 4.90 Å². The van der Waals surface area contributed by atoms with Gasteiger partial charge in [-0.2, -0.15) is 0 Å². The van der Waals surface area contributed by atoms with Gasteiger partial charge in [0, 0.05) is 34.4 Å². The molecule has 1 aromatic heterocycles. The molecule has 0 radical (unpaired) electrons.